The standard InChI is InChI=1S/C16H23ClN2O/c1-13(2)11-19-12-14-7-6-8-15(17)16(14)20-10-5-3-4-9-18/h6-8,13,19H,3-5,10-12H2,1-2H3. The summed E-state index contributed by atoms with van der Waals surface area (Å²) >= 11 is 6.21. The Kier molecular flexibility index (Phi) is 8.10. The second-order valence-corrected chi connectivity index (χ2v) is 5.62. The van der Waals surface area contributed by atoms with E-state index in [-0.39, 0.29) is 0 Å². The number of para-hydroxylation sites is 1. The van der Waals surface area contributed by atoms with Gasteiger partial charge in [-0.3, -0.25) is 0 Å². The second kappa shape index (κ2) is 9.63. The Hall–Kier alpha value is -1.24. The molecule has 0 saturated carbocycles. The highest BCUT2D eigenvalue weighted by Crippen LogP contribution is 2.28. The first kappa shape index (κ1) is 16.8. The molecule has 110 valence electrons. The average molecular weight is 295 g/mol. The van der Waals surface area contributed by atoms with Crippen LogP contribution in [-0.4, -0.2) is 13.2 Å². The zero-order valence-corrected chi connectivity index (χ0v) is 13.0. The predicted octanol–water partition coefficient (Wildman–Crippen LogP) is 4.16. The highest BCUT2D eigenvalue weighted by atomic mass is 35.5. The van der Waals surface area contributed by atoms with E-state index in [2.05, 4.69) is 25.2 Å². The number of benzene rings is 1. The number of nitriles is 1. The Balaban J connectivity index is 2.52. The summed E-state index contributed by atoms with van der Waals surface area (Å²) in [6.07, 6.45) is 2.31. The van der Waals surface area contributed by atoms with E-state index in [1.807, 2.05) is 18.2 Å². The topological polar surface area (TPSA) is 45.0 Å². The Morgan fingerprint density at radius 3 is 2.85 bits per heavy atom. The molecule has 0 amide bonds. The van der Waals surface area contributed by atoms with E-state index in [4.69, 9.17) is 21.6 Å². The first-order chi connectivity index (χ1) is 9.65. The van der Waals surface area contributed by atoms with E-state index in [1.54, 1.807) is 0 Å². The lowest BCUT2D eigenvalue weighted by Crippen LogP contribution is -2.19. The van der Waals surface area contributed by atoms with Crippen molar-refractivity contribution in [3.63, 3.8) is 0 Å². The van der Waals surface area contributed by atoms with Crippen molar-refractivity contribution in [2.45, 2.75) is 39.7 Å². The summed E-state index contributed by atoms with van der Waals surface area (Å²) in [7, 11) is 0. The SMILES string of the molecule is CC(C)CNCc1cccc(Cl)c1OCCCCC#N. The van der Waals surface area contributed by atoms with Crippen molar-refractivity contribution in [2.24, 2.45) is 5.92 Å². The molecule has 0 unspecified atom stereocenters. The Morgan fingerprint density at radius 2 is 2.15 bits per heavy atom. The number of nitrogens with one attached hydrogen (secondary N) is 1. The van der Waals surface area contributed by atoms with Gasteiger partial charge in [0.2, 0.25) is 0 Å². The zero-order chi connectivity index (χ0) is 14.8. The molecule has 1 aromatic rings. The molecule has 3 nitrogen and oxygen atoms in total. The quantitative estimate of drug-likeness (QED) is 0.696. The van der Waals surface area contributed by atoms with Gasteiger partial charge in [-0.1, -0.05) is 37.6 Å². The molecule has 1 aromatic carbocycles. The number of ether oxygens (including phenoxy) is 1. The highest BCUT2D eigenvalue weighted by molar-refractivity contribution is 6.32. The van der Waals surface area contributed by atoms with E-state index < -0.39 is 0 Å². The highest BCUT2D eigenvalue weighted by Gasteiger charge is 2.08. The van der Waals surface area contributed by atoms with E-state index in [9.17, 15) is 0 Å². The van der Waals surface area contributed by atoms with Gasteiger partial charge in [-0.05, 0) is 31.4 Å². The van der Waals surface area contributed by atoms with Gasteiger partial charge in [0, 0.05) is 18.5 Å². The lowest BCUT2D eigenvalue weighted by atomic mass is 10.1. The Morgan fingerprint density at radius 1 is 1.35 bits per heavy atom. The number of unbranched alkanes of at least 4 members (excludes halogenated alkanes) is 2. The van der Waals surface area contributed by atoms with Gasteiger partial charge in [0.1, 0.15) is 5.75 Å². The molecule has 0 aliphatic rings. The van der Waals surface area contributed by atoms with Gasteiger partial charge < -0.3 is 10.1 Å². The minimum atomic E-state index is 0.578. The third kappa shape index (κ3) is 6.27. The van der Waals surface area contributed by atoms with Gasteiger partial charge in [-0.15, -0.1) is 0 Å². The molecule has 4 heteroatoms. The van der Waals surface area contributed by atoms with E-state index in [0.717, 1.165) is 37.2 Å². The maximum Gasteiger partial charge on any atom is 0.142 e. The fraction of sp³-hybridized carbons (Fsp3) is 0.562. The van der Waals surface area contributed by atoms with Crippen molar-refractivity contribution in [3.8, 4) is 11.8 Å². The van der Waals surface area contributed by atoms with Crippen LogP contribution in [0.15, 0.2) is 18.2 Å². The van der Waals surface area contributed by atoms with Gasteiger partial charge in [0.15, 0.2) is 0 Å². The van der Waals surface area contributed by atoms with Gasteiger partial charge in [0.05, 0.1) is 17.7 Å². The second-order valence-electron chi connectivity index (χ2n) is 5.22. The van der Waals surface area contributed by atoms with Crippen LogP contribution < -0.4 is 10.1 Å². The molecule has 1 N–H and O–H groups in total. The summed E-state index contributed by atoms with van der Waals surface area (Å²) < 4.78 is 5.79. The number of rotatable bonds is 9. The van der Waals surface area contributed by atoms with Crippen LogP contribution in [0.2, 0.25) is 5.02 Å². The molecule has 0 spiro atoms. The molecule has 0 heterocycles. The minimum Gasteiger partial charge on any atom is -0.492 e. The van der Waals surface area contributed by atoms with Crippen LogP contribution >= 0.6 is 11.6 Å². The molecule has 0 aromatic heterocycles. The van der Waals surface area contributed by atoms with Crippen LogP contribution in [0, 0.1) is 17.2 Å². The average Bonchev–Trinajstić information content (AvgIpc) is 2.40. The van der Waals surface area contributed by atoms with Crippen molar-refractivity contribution < 1.29 is 4.74 Å². The maximum atomic E-state index is 8.49. The summed E-state index contributed by atoms with van der Waals surface area (Å²) in [5, 5.41) is 12.5. The summed E-state index contributed by atoms with van der Waals surface area (Å²) in [6.45, 7) is 6.68. The molecule has 0 atom stereocenters. The lowest BCUT2D eigenvalue weighted by molar-refractivity contribution is 0.304. The van der Waals surface area contributed by atoms with Crippen LogP contribution in [0.4, 0.5) is 0 Å². The van der Waals surface area contributed by atoms with Gasteiger partial charge >= 0.3 is 0 Å². The molecule has 0 aliphatic carbocycles. The van der Waals surface area contributed by atoms with E-state index >= 15 is 0 Å². The van der Waals surface area contributed by atoms with Crippen LogP contribution in [0.5, 0.6) is 5.75 Å². The molecule has 0 aliphatic heterocycles. The first-order valence-electron chi connectivity index (χ1n) is 7.13. The number of nitrogens with zero attached hydrogens (tertiary/aromatic N) is 1. The van der Waals surface area contributed by atoms with Crippen LogP contribution in [0.3, 0.4) is 0 Å². The smallest absolute Gasteiger partial charge is 0.142 e. The van der Waals surface area contributed by atoms with Crippen molar-refractivity contribution in [2.75, 3.05) is 13.2 Å². The normalized spacial score (nSPS) is 10.6. The third-order valence-corrected chi connectivity index (χ3v) is 3.14. The molecule has 0 radical (unpaired) electrons. The first-order valence-corrected chi connectivity index (χ1v) is 7.50. The van der Waals surface area contributed by atoms with Crippen LogP contribution in [0.25, 0.3) is 0 Å². The molecule has 0 bridgehead atoms. The van der Waals surface area contributed by atoms with Crippen molar-refractivity contribution in [3.05, 3.63) is 28.8 Å². The molecule has 20 heavy (non-hydrogen) atoms. The zero-order valence-electron chi connectivity index (χ0n) is 12.3. The Labute approximate surface area is 126 Å². The maximum absolute atomic E-state index is 8.49. The van der Waals surface area contributed by atoms with E-state index in [0.29, 0.717) is 24.0 Å². The van der Waals surface area contributed by atoms with E-state index in [1.165, 1.54) is 0 Å². The van der Waals surface area contributed by atoms with Gasteiger partial charge in [0.25, 0.3) is 0 Å². The van der Waals surface area contributed by atoms with Gasteiger partial charge in [-0.25, -0.2) is 0 Å². The fourth-order valence-electron chi connectivity index (χ4n) is 1.83. The van der Waals surface area contributed by atoms with Gasteiger partial charge in [-0.2, -0.15) is 5.26 Å². The van der Waals surface area contributed by atoms with Crippen molar-refractivity contribution >= 4 is 11.6 Å². The fourth-order valence-corrected chi connectivity index (χ4v) is 2.08. The summed E-state index contributed by atoms with van der Waals surface area (Å²) in [6, 6.07) is 7.95. The minimum absolute atomic E-state index is 0.578. The summed E-state index contributed by atoms with van der Waals surface area (Å²) in [5.74, 6) is 1.38. The Bertz CT molecular complexity index is 441. The molecule has 1 rings (SSSR count). The van der Waals surface area contributed by atoms with Crippen molar-refractivity contribution in [1.29, 1.82) is 5.26 Å². The number of hydrogen-bond acceptors (Lipinski definition) is 3. The van der Waals surface area contributed by atoms with Crippen LogP contribution in [-0.2, 0) is 6.54 Å². The molecular weight excluding hydrogens is 272 g/mol. The predicted molar refractivity (Wildman–Crippen MR) is 83.0 cm³/mol. The van der Waals surface area contributed by atoms with Crippen molar-refractivity contribution in [1.82, 2.24) is 5.32 Å². The molecule has 0 saturated heterocycles. The van der Waals surface area contributed by atoms with Crippen LogP contribution in [0.1, 0.15) is 38.7 Å². The summed E-state index contributed by atoms with van der Waals surface area (Å²) in [5.41, 5.74) is 1.08. The largest absolute Gasteiger partial charge is 0.492 e. The third-order valence-electron chi connectivity index (χ3n) is 2.85. The monoisotopic (exact) mass is 294 g/mol. The molecule has 0 fully saturated rings. The summed E-state index contributed by atoms with van der Waals surface area (Å²) in [4.78, 5) is 0. The number of halogens is 1. The number of hydrogen-bond donors (Lipinski definition) is 1. The lowest BCUT2D eigenvalue weighted by Gasteiger charge is -2.14. The molecular formula is C16H23ClN2O.